The molecule has 7 heteroatoms. The molecule has 0 spiro atoms. The van der Waals surface area contributed by atoms with E-state index in [9.17, 15) is 19.2 Å². The summed E-state index contributed by atoms with van der Waals surface area (Å²) in [6, 6.07) is 16.0. The molecule has 1 fully saturated rings. The lowest BCUT2D eigenvalue weighted by Gasteiger charge is -2.38. The number of benzene rings is 2. The fourth-order valence-electron chi connectivity index (χ4n) is 3.82. The van der Waals surface area contributed by atoms with Crippen molar-refractivity contribution in [2.24, 2.45) is 5.92 Å². The van der Waals surface area contributed by atoms with Crippen LogP contribution >= 0.6 is 0 Å². The number of urea groups is 1. The molecule has 3 rings (SSSR count). The highest BCUT2D eigenvalue weighted by Crippen LogP contribution is 2.44. The van der Waals surface area contributed by atoms with Gasteiger partial charge in [0.25, 0.3) is 5.91 Å². The second-order valence-corrected chi connectivity index (χ2v) is 6.75. The molecule has 2 unspecified atom stereocenters. The number of rotatable bonds is 6. The number of ether oxygens (including phenoxy) is 1. The Hall–Kier alpha value is -3.48. The van der Waals surface area contributed by atoms with E-state index in [0.717, 1.165) is 9.80 Å². The Morgan fingerprint density at radius 3 is 2.00 bits per heavy atom. The Morgan fingerprint density at radius 2 is 1.52 bits per heavy atom. The van der Waals surface area contributed by atoms with Gasteiger partial charge in [-0.1, -0.05) is 60.7 Å². The van der Waals surface area contributed by atoms with Crippen LogP contribution in [0.15, 0.2) is 60.7 Å². The first-order chi connectivity index (χ1) is 13.9. The number of imide groups is 1. The highest BCUT2D eigenvalue weighted by molar-refractivity contribution is 6.18. The molecule has 1 aliphatic rings. The maximum Gasteiger partial charge on any atom is 0.327 e. The van der Waals surface area contributed by atoms with Gasteiger partial charge in [0, 0.05) is 19.7 Å². The van der Waals surface area contributed by atoms with E-state index in [2.05, 4.69) is 0 Å². The second kappa shape index (κ2) is 7.87. The third-order valence-corrected chi connectivity index (χ3v) is 5.21. The third kappa shape index (κ3) is 3.08. The first-order valence-corrected chi connectivity index (χ1v) is 9.24. The van der Waals surface area contributed by atoms with Crippen molar-refractivity contribution >= 4 is 23.7 Å². The van der Waals surface area contributed by atoms with Crippen molar-refractivity contribution in [3.63, 3.8) is 0 Å². The van der Waals surface area contributed by atoms with Crippen LogP contribution in [0.1, 0.15) is 22.8 Å². The smallest absolute Gasteiger partial charge is 0.327 e. The van der Waals surface area contributed by atoms with Crippen molar-refractivity contribution in [2.75, 3.05) is 20.7 Å². The van der Waals surface area contributed by atoms with Gasteiger partial charge in [-0.25, -0.2) is 4.79 Å². The summed E-state index contributed by atoms with van der Waals surface area (Å²) in [4.78, 5) is 54.8. The van der Waals surface area contributed by atoms with E-state index < -0.39 is 35.1 Å². The number of nitrogens with zero attached hydrogens (tertiary/aromatic N) is 2. The molecule has 0 radical (unpaired) electrons. The van der Waals surface area contributed by atoms with E-state index in [-0.39, 0.29) is 12.2 Å². The molecule has 7 nitrogen and oxygen atoms in total. The van der Waals surface area contributed by atoms with Crippen LogP contribution in [0.25, 0.3) is 0 Å². The van der Waals surface area contributed by atoms with E-state index >= 15 is 0 Å². The zero-order valence-electron chi connectivity index (χ0n) is 16.5. The SMILES string of the molecule is CCOC(=O)C(C(=O)c1ccccc1)C1(c2ccccc2)C(=O)N(C)C(=O)N1C. The number of amides is 3. The molecule has 2 aromatic rings. The summed E-state index contributed by atoms with van der Waals surface area (Å²) in [6.07, 6.45) is 0. The molecule has 1 aliphatic heterocycles. The first-order valence-electron chi connectivity index (χ1n) is 9.24. The fraction of sp³-hybridized carbons (Fsp3) is 0.273. The monoisotopic (exact) mass is 394 g/mol. The predicted molar refractivity (Wildman–Crippen MR) is 105 cm³/mol. The summed E-state index contributed by atoms with van der Waals surface area (Å²) < 4.78 is 5.20. The number of carbonyl (C=O) groups is 4. The van der Waals surface area contributed by atoms with Gasteiger partial charge < -0.3 is 9.64 Å². The quantitative estimate of drug-likeness (QED) is 0.325. The van der Waals surface area contributed by atoms with E-state index in [0.29, 0.717) is 5.56 Å². The largest absolute Gasteiger partial charge is 0.465 e. The molecule has 2 aromatic carbocycles. The molecular formula is C22H22N2O5. The predicted octanol–water partition coefficient (Wildman–Crippen LogP) is 2.47. The van der Waals surface area contributed by atoms with Crippen LogP contribution in [0, 0.1) is 5.92 Å². The second-order valence-electron chi connectivity index (χ2n) is 6.75. The highest BCUT2D eigenvalue weighted by atomic mass is 16.5. The minimum atomic E-state index is -1.84. The van der Waals surface area contributed by atoms with Gasteiger partial charge in [-0.15, -0.1) is 0 Å². The molecule has 0 saturated carbocycles. The molecular weight excluding hydrogens is 372 g/mol. The van der Waals surface area contributed by atoms with Gasteiger partial charge in [0.2, 0.25) is 0 Å². The molecule has 3 amide bonds. The molecule has 1 heterocycles. The lowest BCUT2D eigenvalue weighted by molar-refractivity contribution is -0.154. The summed E-state index contributed by atoms with van der Waals surface area (Å²) in [5.41, 5.74) is -1.22. The first kappa shape index (κ1) is 20.3. The van der Waals surface area contributed by atoms with Gasteiger partial charge in [-0.2, -0.15) is 0 Å². The van der Waals surface area contributed by atoms with Crippen molar-refractivity contribution in [3.8, 4) is 0 Å². The summed E-state index contributed by atoms with van der Waals surface area (Å²) in [7, 11) is 2.75. The lowest BCUT2D eigenvalue weighted by Crippen LogP contribution is -2.56. The number of hydrogen-bond acceptors (Lipinski definition) is 5. The Kier molecular flexibility index (Phi) is 5.50. The van der Waals surface area contributed by atoms with Crippen LogP contribution in [0.2, 0.25) is 0 Å². The van der Waals surface area contributed by atoms with Crippen molar-refractivity contribution in [1.29, 1.82) is 0 Å². The van der Waals surface area contributed by atoms with Gasteiger partial charge in [0.1, 0.15) is 0 Å². The van der Waals surface area contributed by atoms with E-state index in [4.69, 9.17) is 4.74 Å². The maximum atomic E-state index is 13.5. The topological polar surface area (TPSA) is 84.0 Å². The molecule has 0 aliphatic carbocycles. The van der Waals surface area contributed by atoms with Gasteiger partial charge in [-0.05, 0) is 12.5 Å². The van der Waals surface area contributed by atoms with Crippen molar-refractivity contribution in [2.45, 2.75) is 12.5 Å². The summed E-state index contributed by atoms with van der Waals surface area (Å²) >= 11 is 0. The number of ketones is 1. The van der Waals surface area contributed by atoms with Crippen LogP contribution < -0.4 is 0 Å². The lowest BCUT2D eigenvalue weighted by atomic mass is 9.73. The Labute approximate surface area is 168 Å². The van der Waals surface area contributed by atoms with Crippen LogP contribution in [-0.4, -0.2) is 54.2 Å². The standard InChI is InChI=1S/C22H22N2O5/c1-4-29-19(26)17(18(25)15-11-7-5-8-12-15)22(16-13-9-6-10-14-16)20(27)23(2)21(28)24(22)3/h5-14,17H,4H2,1-3H3. The van der Waals surface area contributed by atoms with Crippen LogP contribution in [0.4, 0.5) is 4.79 Å². The fourth-order valence-corrected chi connectivity index (χ4v) is 3.82. The van der Waals surface area contributed by atoms with E-state index in [1.807, 2.05) is 0 Å². The third-order valence-electron chi connectivity index (χ3n) is 5.21. The molecule has 0 bridgehead atoms. The van der Waals surface area contributed by atoms with Crippen LogP contribution in [0.3, 0.4) is 0 Å². The minimum Gasteiger partial charge on any atom is -0.465 e. The molecule has 0 N–H and O–H groups in total. The van der Waals surface area contributed by atoms with Gasteiger partial charge in [0.05, 0.1) is 6.61 Å². The summed E-state index contributed by atoms with van der Waals surface area (Å²) in [5, 5.41) is 0. The Balaban J connectivity index is 2.30. The summed E-state index contributed by atoms with van der Waals surface area (Å²) in [6.45, 7) is 1.65. The Bertz CT molecular complexity index is 944. The molecule has 2 atom stereocenters. The minimum absolute atomic E-state index is 0.0317. The average Bonchev–Trinajstić information content (AvgIpc) is 2.91. The number of likely N-dealkylation sites (N-methyl/N-ethyl adjacent to an activating group) is 2. The van der Waals surface area contributed by atoms with Crippen molar-refractivity contribution < 1.29 is 23.9 Å². The van der Waals surface area contributed by atoms with Gasteiger partial charge in [0.15, 0.2) is 17.2 Å². The van der Waals surface area contributed by atoms with E-state index in [1.54, 1.807) is 67.6 Å². The zero-order valence-corrected chi connectivity index (χ0v) is 16.5. The molecule has 1 saturated heterocycles. The molecule has 29 heavy (non-hydrogen) atoms. The maximum absolute atomic E-state index is 13.5. The van der Waals surface area contributed by atoms with E-state index in [1.165, 1.54) is 14.1 Å². The van der Waals surface area contributed by atoms with Gasteiger partial charge in [-0.3, -0.25) is 19.3 Å². The number of carbonyl (C=O) groups excluding carboxylic acids is 4. The number of hydrogen-bond donors (Lipinski definition) is 0. The Morgan fingerprint density at radius 1 is 0.966 bits per heavy atom. The number of esters is 1. The molecule has 150 valence electrons. The van der Waals surface area contributed by atoms with Gasteiger partial charge >= 0.3 is 12.0 Å². The van der Waals surface area contributed by atoms with Crippen molar-refractivity contribution in [1.82, 2.24) is 9.80 Å². The highest BCUT2D eigenvalue weighted by Gasteiger charge is 2.64. The van der Waals surface area contributed by atoms with Crippen LogP contribution in [0.5, 0.6) is 0 Å². The normalized spacial score (nSPS) is 20.0. The zero-order chi connectivity index (χ0) is 21.2. The van der Waals surface area contributed by atoms with Crippen molar-refractivity contribution in [3.05, 3.63) is 71.8 Å². The molecule has 0 aromatic heterocycles. The van der Waals surface area contributed by atoms with Crippen LogP contribution in [-0.2, 0) is 19.9 Å². The number of Topliss-reactive ketones (excluding diaryl/α,β-unsaturated/α-hetero) is 1. The average molecular weight is 394 g/mol. The summed E-state index contributed by atoms with van der Waals surface area (Å²) in [5.74, 6) is -3.65.